The van der Waals surface area contributed by atoms with E-state index in [1.807, 2.05) is 6.07 Å². The Bertz CT molecular complexity index is 966. The third-order valence-corrected chi connectivity index (χ3v) is 6.58. The monoisotopic (exact) mass is 412 g/mol. The second-order valence-corrected chi connectivity index (χ2v) is 8.39. The molecule has 6 nitrogen and oxygen atoms in total. The smallest absolute Gasteiger partial charge is 0.341 e. The van der Waals surface area contributed by atoms with Crippen molar-refractivity contribution in [1.29, 1.82) is 0 Å². The summed E-state index contributed by atoms with van der Waals surface area (Å²) in [7, 11) is 0. The zero-order valence-corrected chi connectivity index (χ0v) is 17.3. The van der Waals surface area contributed by atoms with Gasteiger partial charge in [0.2, 0.25) is 5.91 Å². The van der Waals surface area contributed by atoms with E-state index in [1.54, 1.807) is 30.0 Å². The first kappa shape index (κ1) is 19.6. The van der Waals surface area contributed by atoms with Gasteiger partial charge in [0.05, 0.1) is 12.2 Å². The third-order valence-electron chi connectivity index (χ3n) is 5.37. The lowest BCUT2D eigenvalue weighted by Gasteiger charge is -2.16. The summed E-state index contributed by atoms with van der Waals surface area (Å²) in [6.45, 7) is 2.75. The third kappa shape index (κ3) is 3.92. The minimum Gasteiger partial charge on any atom is -0.462 e. The van der Waals surface area contributed by atoms with Gasteiger partial charge in [0.25, 0.3) is 5.91 Å². The lowest BCUT2D eigenvalue weighted by atomic mass is 9.95. The summed E-state index contributed by atoms with van der Waals surface area (Å²) in [6.07, 6.45) is 5.26. The quantitative estimate of drug-likeness (QED) is 0.748. The molecule has 0 unspecified atom stereocenters. The van der Waals surface area contributed by atoms with Gasteiger partial charge in [-0.2, -0.15) is 0 Å². The number of carbonyl (C=O) groups excluding carboxylic acids is 3. The van der Waals surface area contributed by atoms with E-state index in [9.17, 15) is 14.4 Å². The molecule has 1 aromatic heterocycles. The Morgan fingerprint density at radius 2 is 2.00 bits per heavy atom. The fraction of sp³-hybridized carbons (Fsp3) is 0.409. The van der Waals surface area contributed by atoms with E-state index in [1.165, 1.54) is 11.3 Å². The zero-order valence-electron chi connectivity index (χ0n) is 16.5. The van der Waals surface area contributed by atoms with Crippen LogP contribution < -0.4 is 10.2 Å². The number of ether oxygens (including phenoxy) is 1. The number of carbonyl (C=O) groups is 3. The van der Waals surface area contributed by atoms with Crippen molar-refractivity contribution in [2.24, 2.45) is 0 Å². The summed E-state index contributed by atoms with van der Waals surface area (Å²) in [6, 6.07) is 7.07. The maximum Gasteiger partial charge on any atom is 0.341 e. The molecule has 0 atom stereocenters. The predicted molar refractivity (Wildman–Crippen MR) is 113 cm³/mol. The minimum atomic E-state index is -0.376. The number of hydrogen-bond donors (Lipinski definition) is 1. The van der Waals surface area contributed by atoms with E-state index in [-0.39, 0.29) is 17.8 Å². The fourth-order valence-electron chi connectivity index (χ4n) is 3.98. The Morgan fingerprint density at radius 1 is 1.17 bits per heavy atom. The predicted octanol–water partition coefficient (Wildman–Crippen LogP) is 4.18. The number of benzene rings is 1. The van der Waals surface area contributed by atoms with Crippen LogP contribution in [-0.2, 0) is 22.4 Å². The molecule has 2 amide bonds. The minimum absolute atomic E-state index is 0.0816. The first-order valence-corrected chi connectivity index (χ1v) is 10.9. The molecule has 2 heterocycles. The number of amides is 2. The van der Waals surface area contributed by atoms with Crippen LogP contribution in [-0.4, -0.2) is 30.9 Å². The Balaban J connectivity index is 1.61. The van der Waals surface area contributed by atoms with Crippen molar-refractivity contribution < 1.29 is 19.1 Å². The summed E-state index contributed by atoms with van der Waals surface area (Å²) in [5, 5.41) is 3.49. The Kier molecular flexibility index (Phi) is 5.67. The molecule has 1 aliphatic heterocycles. The molecule has 0 radical (unpaired) electrons. The van der Waals surface area contributed by atoms with Crippen LogP contribution in [0.5, 0.6) is 0 Å². The maximum atomic E-state index is 12.9. The molecule has 1 aromatic carbocycles. The molecule has 1 aliphatic carbocycles. The van der Waals surface area contributed by atoms with Crippen molar-refractivity contribution in [2.45, 2.75) is 45.4 Å². The number of nitrogens with zero attached hydrogens (tertiary/aromatic N) is 1. The topological polar surface area (TPSA) is 75.7 Å². The zero-order chi connectivity index (χ0) is 20.4. The highest BCUT2D eigenvalue weighted by molar-refractivity contribution is 7.17. The lowest BCUT2D eigenvalue weighted by Crippen LogP contribution is -2.24. The number of anilines is 2. The molecule has 7 heteroatoms. The Labute approximate surface area is 173 Å². The van der Waals surface area contributed by atoms with Gasteiger partial charge in [0.15, 0.2) is 0 Å². The van der Waals surface area contributed by atoms with Gasteiger partial charge in [-0.25, -0.2) is 4.79 Å². The standard InChI is InChI=1S/C22H24N2O4S/c1-2-28-22(27)19-16-9-3-4-10-17(16)29-21(19)23-20(26)14-7-5-8-15(13-14)24-12-6-11-18(24)25/h5,7-8,13H,2-4,6,9-12H2,1H3,(H,23,26). The fourth-order valence-corrected chi connectivity index (χ4v) is 5.26. The van der Waals surface area contributed by atoms with Crippen molar-refractivity contribution in [1.82, 2.24) is 0 Å². The van der Waals surface area contributed by atoms with Crippen molar-refractivity contribution in [3.63, 3.8) is 0 Å². The van der Waals surface area contributed by atoms with E-state index < -0.39 is 0 Å². The number of fused-ring (bicyclic) bond motifs is 1. The SMILES string of the molecule is CCOC(=O)c1c(NC(=O)c2cccc(N3CCCC3=O)c2)sc2c1CCCC2. The summed E-state index contributed by atoms with van der Waals surface area (Å²) in [5.74, 6) is -0.584. The molecule has 1 saturated heterocycles. The second-order valence-electron chi connectivity index (χ2n) is 7.29. The maximum absolute atomic E-state index is 12.9. The Hall–Kier alpha value is -2.67. The molecule has 152 valence electrons. The van der Waals surface area contributed by atoms with Gasteiger partial charge in [0.1, 0.15) is 5.00 Å². The summed E-state index contributed by atoms with van der Waals surface area (Å²) in [5.41, 5.74) is 2.72. The lowest BCUT2D eigenvalue weighted by molar-refractivity contribution is -0.117. The molecule has 0 spiro atoms. The van der Waals surface area contributed by atoms with Gasteiger partial charge in [-0.05, 0) is 62.8 Å². The van der Waals surface area contributed by atoms with Crippen molar-refractivity contribution in [3.05, 3.63) is 45.8 Å². The van der Waals surface area contributed by atoms with Gasteiger partial charge >= 0.3 is 5.97 Å². The summed E-state index contributed by atoms with van der Waals surface area (Å²) < 4.78 is 5.25. The van der Waals surface area contributed by atoms with Crippen LogP contribution in [0, 0.1) is 0 Å². The average molecular weight is 413 g/mol. The van der Waals surface area contributed by atoms with Gasteiger partial charge in [-0.15, -0.1) is 11.3 Å². The molecular formula is C22H24N2O4S. The van der Waals surface area contributed by atoms with Crippen LogP contribution in [0.3, 0.4) is 0 Å². The molecule has 2 aliphatic rings. The molecule has 0 saturated carbocycles. The number of aryl methyl sites for hydroxylation is 1. The van der Waals surface area contributed by atoms with E-state index in [2.05, 4.69) is 5.32 Å². The Morgan fingerprint density at radius 3 is 2.76 bits per heavy atom. The molecule has 1 N–H and O–H groups in total. The first-order chi connectivity index (χ1) is 14.1. The van der Waals surface area contributed by atoms with Gasteiger partial charge < -0.3 is 15.0 Å². The van der Waals surface area contributed by atoms with E-state index in [0.717, 1.165) is 48.2 Å². The molecule has 1 fully saturated rings. The van der Waals surface area contributed by atoms with Crippen LogP contribution in [0.1, 0.15) is 63.8 Å². The molecule has 2 aromatic rings. The van der Waals surface area contributed by atoms with E-state index in [4.69, 9.17) is 4.74 Å². The first-order valence-electron chi connectivity index (χ1n) is 10.1. The van der Waals surface area contributed by atoms with Crippen molar-refractivity contribution in [2.75, 3.05) is 23.4 Å². The number of rotatable bonds is 5. The normalized spacial score (nSPS) is 15.9. The largest absolute Gasteiger partial charge is 0.462 e. The van der Waals surface area contributed by atoms with Crippen LogP contribution in [0.4, 0.5) is 10.7 Å². The number of esters is 1. The van der Waals surface area contributed by atoms with Gasteiger partial charge in [-0.3, -0.25) is 9.59 Å². The summed E-state index contributed by atoms with van der Waals surface area (Å²) >= 11 is 1.47. The van der Waals surface area contributed by atoms with E-state index >= 15 is 0 Å². The van der Waals surface area contributed by atoms with Crippen LogP contribution in [0.2, 0.25) is 0 Å². The van der Waals surface area contributed by atoms with Crippen LogP contribution >= 0.6 is 11.3 Å². The average Bonchev–Trinajstić information content (AvgIpc) is 3.31. The number of thiophene rings is 1. The summed E-state index contributed by atoms with van der Waals surface area (Å²) in [4.78, 5) is 40.4. The number of hydrogen-bond acceptors (Lipinski definition) is 5. The van der Waals surface area contributed by atoms with Crippen molar-refractivity contribution >= 4 is 39.8 Å². The molecule has 4 rings (SSSR count). The number of nitrogens with one attached hydrogen (secondary N) is 1. The highest BCUT2D eigenvalue weighted by atomic mass is 32.1. The highest BCUT2D eigenvalue weighted by Gasteiger charge is 2.28. The van der Waals surface area contributed by atoms with E-state index in [0.29, 0.717) is 35.7 Å². The van der Waals surface area contributed by atoms with Crippen molar-refractivity contribution in [3.8, 4) is 0 Å². The van der Waals surface area contributed by atoms with Crippen LogP contribution in [0.15, 0.2) is 24.3 Å². The van der Waals surface area contributed by atoms with Gasteiger partial charge in [-0.1, -0.05) is 6.07 Å². The molecule has 29 heavy (non-hydrogen) atoms. The second kappa shape index (κ2) is 8.37. The molecule has 0 bridgehead atoms. The highest BCUT2D eigenvalue weighted by Crippen LogP contribution is 2.39. The van der Waals surface area contributed by atoms with Crippen LogP contribution in [0.25, 0.3) is 0 Å². The van der Waals surface area contributed by atoms with Gasteiger partial charge in [0, 0.05) is 29.1 Å². The molecular weight excluding hydrogens is 388 g/mol.